The van der Waals surface area contributed by atoms with Crippen LogP contribution in [0, 0.1) is 0 Å². The van der Waals surface area contributed by atoms with Gasteiger partial charge in [-0.25, -0.2) is 4.79 Å². The lowest BCUT2D eigenvalue weighted by molar-refractivity contribution is -0.123. The summed E-state index contributed by atoms with van der Waals surface area (Å²) < 4.78 is 5.37. The standard InChI is InChI=1S/C16H30N4O3/c1-11(13(21)19-15(2,3)4)18-12-10-20(9-8-17-12)14(22)23-16(5,6)7/h11H,8-10H2,1-7H3,(H,17,18)(H,19,21). The zero-order valence-corrected chi connectivity index (χ0v) is 15.3. The maximum Gasteiger partial charge on any atom is 0.410 e. The summed E-state index contributed by atoms with van der Waals surface area (Å²) in [5.41, 5.74) is -0.816. The van der Waals surface area contributed by atoms with Gasteiger partial charge in [0.2, 0.25) is 5.91 Å². The summed E-state index contributed by atoms with van der Waals surface area (Å²) in [4.78, 5) is 30.2. The van der Waals surface area contributed by atoms with Crippen LogP contribution in [0.1, 0.15) is 48.5 Å². The van der Waals surface area contributed by atoms with E-state index in [2.05, 4.69) is 15.6 Å². The average Bonchev–Trinajstić information content (AvgIpc) is 2.35. The molecule has 1 aliphatic heterocycles. The first-order valence-corrected chi connectivity index (χ1v) is 7.97. The smallest absolute Gasteiger partial charge is 0.410 e. The molecule has 0 aromatic carbocycles. The lowest BCUT2D eigenvalue weighted by atomic mass is 10.1. The van der Waals surface area contributed by atoms with Crippen LogP contribution >= 0.6 is 0 Å². The fourth-order valence-electron chi connectivity index (χ4n) is 1.98. The van der Waals surface area contributed by atoms with Gasteiger partial charge in [-0.15, -0.1) is 0 Å². The van der Waals surface area contributed by atoms with Crippen molar-refractivity contribution in [3.63, 3.8) is 0 Å². The van der Waals surface area contributed by atoms with Crippen molar-refractivity contribution in [2.45, 2.75) is 65.6 Å². The highest BCUT2D eigenvalue weighted by Crippen LogP contribution is 2.11. The number of ether oxygens (including phenoxy) is 1. The molecule has 7 heteroatoms. The van der Waals surface area contributed by atoms with Crippen molar-refractivity contribution < 1.29 is 14.3 Å². The normalized spacial score (nSPS) is 17.2. The molecule has 0 bridgehead atoms. The number of hydrogen-bond acceptors (Lipinski definition) is 5. The molecule has 0 aliphatic carbocycles. The van der Waals surface area contributed by atoms with Gasteiger partial charge in [-0.3, -0.25) is 14.7 Å². The molecular formula is C16H30N4O3. The van der Waals surface area contributed by atoms with E-state index in [9.17, 15) is 9.59 Å². The molecule has 1 unspecified atom stereocenters. The molecule has 0 saturated heterocycles. The van der Waals surface area contributed by atoms with E-state index in [0.29, 0.717) is 25.5 Å². The van der Waals surface area contributed by atoms with Gasteiger partial charge < -0.3 is 15.4 Å². The van der Waals surface area contributed by atoms with Crippen molar-refractivity contribution >= 4 is 17.8 Å². The third-order valence-corrected chi connectivity index (χ3v) is 2.94. The molecule has 0 spiro atoms. The fraction of sp³-hybridized carbons (Fsp3) is 0.812. The average molecular weight is 326 g/mol. The van der Waals surface area contributed by atoms with E-state index in [-0.39, 0.29) is 17.5 Å². The van der Waals surface area contributed by atoms with E-state index in [1.54, 1.807) is 11.8 Å². The molecule has 0 fully saturated rings. The van der Waals surface area contributed by atoms with Crippen LogP contribution in [-0.2, 0) is 9.53 Å². The molecule has 0 aromatic heterocycles. The van der Waals surface area contributed by atoms with Crippen molar-refractivity contribution in [1.29, 1.82) is 0 Å². The van der Waals surface area contributed by atoms with Gasteiger partial charge in [0, 0.05) is 12.1 Å². The first kappa shape index (κ1) is 19.3. The Morgan fingerprint density at radius 2 is 1.83 bits per heavy atom. The van der Waals surface area contributed by atoms with Crippen molar-refractivity contribution in [2.75, 3.05) is 19.6 Å². The van der Waals surface area contributed by atoms with Crippen molar-refractivity contribution in [3.8, 4) is 0 Å². The maximum atomic E-state index is 12.1. The number of amidine groups is 1. The monoisotopic (exact) mass is 326 g/mol. The summed E-state index contributed by atoms with van der Waals surface area (Å²) in [5.74, 6) is 0.522. The maximum absolute atomic E-state index is 12.1. The van der Waals surface area contributed by atoms with Crippen LogP contribution in [0.25, 0.3) is 0 Å². The second-order valence-corrected chi connectivity index (χ2v) is 7.84. The van der Waals surface area contributed by atoms with Crippen LogP contribution in [0.15, 0.2) is 4.99 Å². The Balaban J connectivity index is 2.57. The zero-order chi connectivity index (χ0) is 17.8. The first-order chi connectivity index (χ1) is 10.4. The number of hydrogen-bond donors (Lipinski definition) is 2. The SMILES string of the molecule is CC(NC1=NCCN(C(=O)OC(C)(C)C)C1)C(=O)NC(C)(C)C. The number of nitrogens with zero attached hydrogens (tertiary/aromatic N) is 2. The Hall–Kier alpha value is -1.79. The Morgan fingerprint density at radius 1 is 1.22 bits per heavy atom. The second kappa shape index (κ2) is 7.19. The molecule has 7 nitrogen and oxygen atoms in total. The van der Waals surface area contributed by atoms with Gasteiger partial charge in [-0.1, -0.05) is 0 Å². The highest BCUT2D eigenvalue weighted by Gasteiger charge is 2.26. The third kappa shape index (κ3) is 7.34. The Morgan fingerprint density at radius 3 is 2.35 bits per heavy atom. The molecule has 1 aliphatic rings. The van der Waals surface area contributed by atoms with Gasteiger partial charge in [0.15, 0.2) is 0 Å². The molecule has 2 amide bonds. The first-order valence-electron chi connectivity index (χ1n) is 7.97. The highest BCUT2D eigenvalue weighted by molar-refractivity contribution is 5.92. The lowest BCUT2D eigenvalue weighted by Crippen LogP contribution is -2.54. The van der Waals surface area contributed by atoms with E-state index in [1.165, 1.54) is 0 Å². The molecule has 2 N–H and O–H groups in total. The van der Waals surface area contributed by atoms with E-state index < -0.39 is 11.6 Å². The summed E-state index contributed by atoms with van der Waals surface area (Å²) in [7, 11) is 0. The molecule has 23 heavy (non-hydrogen) atoms. The summed E-state index contributed by atoms with van der Waals surface area (Å²) in [5, 5.41) is 5.99. The van der Waals surface area contributed by atoms with Crippen LogP contribution in [-0.4, -0.2) is 59.6 Å². The Labute approximate surface area is 138 Å². The topological polar surface area (TPSA) is 83.0 Å². The fourth-order valence-corrected chi connectivity index (χ4v) is 1.98. The van der Waals surface area contributed by atoms with Gasteiger partial charge in [-0.2, -0.15) is 0 Å². The van der Waals surface area contributed by atoms with Crippen LogP contribution in [0.3, 0.4) is 0 Å². The number of aliphatic imine (C=N–C) groups is 1. The van der Waals surface area contributed by atoms with Gasteiger partial charge in [0.05, 0.1) is 13.1 Å². The molecule has 1 heterocycles. The summed E-state index contributed by atoms with van der Waals surface area (Å²) in [6.45, 7) is 14.4. The molecule has 132 valence electrons. The van der Waals surface area contributed by atoms with Crippen LogP contribution in [0.5, 0.6) is 0 Å². The molecule has 1 rings (SSSR count). The van der Waals surface area contributed by atoms with Crippen molar-refractivity contribution in [3.05, 3.63) is 0 Å². The van der Waals surface area contributed by atoms with Crippen LogP contribution in [0.2, 0.25) is 0 Å². The van der Waals surface area contributed by atoms with Gasteiger partial charge in [-0.05, 0) is 48.5 Å². The minimum atomic E-state index is -0.529. The molecule has 0 saturated carbocycles. The lowest BCUT2D eigenvalue weighted by Gasteiger charge is -2.31. The van der Waals surface area contributed by atoms with Gasteiger partial charge in [0.25, 0.3) is 0 Å². The van der Waals surface area contributed by atoms with E-state index in [1.807, 2.05) is 41.5 Å². The largest absolute Gasteiger partial charge is 0.444 e. The Bertz CT molecular complexity index is 475. The number of rotatable bonds is 2. The van der Waals surface area contributed by atoms with E-state index in [0.717, 1.165) is 0 Å². The number of amides is 2. The predicted molar refractivity (Wildman–Crippen MR) is 90.6 cm³/mol. The summed E-state index contributed by atoms with van der Waals surface area (Å²) in [6, 6.07) is -0.424. The van der Waals surface area contributed by atoms with E-state index in [4.69, 9.17) is 4.74 Å². The van der Waals surface area contributed by atoms with Crippen LogP contribution in [0.4, 0.5) is 4.79 Å². The zero-order valence-electron chi connectivity index (χ0n) is 15.3. The van der Waals surface area contributed by atoms with Gasteiger partial charge >= 0.3 is 6.09 Å². The number of carbonyl (C=O) groups is 2. The summed E-state index contributed by atoms with van der Waals surface area (Å²) in [6.07, 6.45) is -0.363. The molecule has 0 radical (unpaired) electrons. The van der Waals surface area contributed by atoms with Crippen molar-refractivity contribution in [1.82, 2.24) is 15.5 Å². The minimum absolute atomic E-state index is 0.102. The number of nitrogens with one attached hydrogen (secondary N) is 2. The summed E-state index contributed by atoms with van der Waals surface area (Å²) >= 11 is 0. The van der Waals surface area contributed by atoms with Gasteiger partial charge in [0.1, 0.15) is 17.5 Å². The van der Waals surface area contributed by atoms with Crippen molar-refractivity contribution in [2.24, 2.45) is 4.99 Å². The predicted octanol–water partition coefficient (Wildman–Crippen LogP) is 1.53. The third-order valence-electron chi connectivity index (χ3n) is 2.94. The number of carbonyl (C=O) groups excluding carboxylic acids is 2. The highest BCUT2D eigenvalue weighted by atomic mass is 16.6. The molecular weight excluding hydrogens is 296 g/mol. The van der Waals surface area contributed by atoms with Crippen LogP contribution < -0.4 is 10.6 Å². The Kier molecular flexibility index (Phi) is 6.02. The molecule has 0 aromatic rings. The van der Waals surface area contributed by atoms with E-state index >= 15 is 0 Å². The second-order valence-electron chi connectivity index (χ2n) is 7.84. The quantitative estimate of drug-likeness (QED) is 0.806. The minimum Gasteiger partial charge on any atom is -0.444 e. The molecule has 1 atom stereocenters.